The molecule has 17 heavy (non-hydrogen) atoms. The molecule has 2 fully saturated rings. The van der Waals surface area contributed by atoms with E-state index in [0.717, 1.165) is 13.0 Å². The van der Waals surface area contributed by atoms with Gasteiger partial charge < -0.3 is 10.2 Å². The summed E-state index contributed by atoms with van der Waals surface area (Å²) < 4.78 is 0. The van der Waals surface area contributed by atoms with Gasteiger partial charge in [-0.15, -0.1) is 0 Å². The van der Waals surface area contributed by atoms with Crippen molar-refractivity contribution in [3.05, 3.63) is 0 Å². The normalized spacial score (nSPS) is 31.2. The second-order valence-electron chi connectivity index (χ2n) is 5.88. The summed E-state index contributed by atoms with van der Waals surface area (Å²) in [6, 6.07) is 0.570. The molecule has 0 bridgehead atoms. The third kappa shape index (κ3) is 3.21. The van der Waals surface area contributed by atoms with Gasteiger partial charge >= 0.3 is 0 Å². The summed E-state index contributed by atoms with van der Waals surface area (Å²) >= 11 is 0. The van der Waals surface area contributed by atoms with E-state index in [0.29, 0.717) is 17.9 Å². The van der Waals surface area contributed by atoms with Gasteiger partial charge in [0.2, 0.25) is 5.91 Å². The average Bonchev–Trinajstić information content (AvgIpc) is 2.38. The number of rotatable bonds is 2. The highest BCUT2D eigenvalue weighted by Gasteiger charge is 2.30. The minimum Gasteiger partial charge on any atom is -0.341 e. The standard InChI is InChI=1S/C14H26N2O/c1-11-8-9-15-13(10-11)14(17)16(2)12-6-4-3-5-7-12/h11-13,15H,3-10H2,1-2H3. The number of likely N-dealkylation sites (N-methyl/N-ethyl adjacent to an activating group) is 1. The molecular formula is C14H26N2O. The SMILES string of the molecule is CC1CCNC(C(=O)N(C)C2CCCCC2)C1. The molecule has 0 aromatic carbocycles. The number of piperidine rings is 1. The van der Waals surface area contributed by atoms with Crippen molar-refractivity contribution in [2.75, 3.05) is 13.6 Å². The zero-order valence-corrected chi connectivity index (χ0v) is 11.2. The Morgan fingerprint density at radius 3 is 2.53 bits per heavy atom. The van der Waals surface area contributed by atoms with E-state index in [1.165, 1.54) is 38.5 Å². The lowest BCUT2D eigenvalue weighted by atomic mass is 9.91. The van der Waals surface area contributed by atoms with Crippen LogP contribution in [0.25, 0.3) is 0 Å². The van der Waals surface area contributed by atoms with Crippen molar-refractivity contribution >= 4 is 5.91 Å². The predicted molar refractivity (Wildman–Crippen MR) is 69.8 cm³/mol. The smallest absolute Gasteiger partial charge is 0.239 e. The molecule has 1 saturated heterocycles. The maximum atomic E-state index is 12.4. The van der Waals surface area contributed by atoms with Crippen LogP contribution in [0, 0.1) is 5.92 Å². The molecule has 1 N–H and O–H groups in total. The van der Waals surface area contributed by atoms with Crippen LogP contribution in [0.15, 0.2) is 0 Å². The lowest BCUT2D eigenvalue weighted by molar-refractivity contribution is -0.135. The molecule has 98 valence electrons. The molecule has 0 spiro atoms. The van der Waals surface area contributed by atoms with Gasteiger partial charge in [0.25, 0.3) is 0 Å². The highest BCUT2D eigenvalue weighted by atomic mass is 16.2. The molecule has 0 radical (unpaired) electrons. The van der Waals surface area contributed by atoms with Gasteiger partial charge in [0.1, 0.15) is 0 Å². The average molecular weight is 238 g/mol. The van der Waals surface area contributed by atoms with Crippen LogP contribution in [0.4, 0.5) is 0 Å². The third-order valence-corrected chi connectivity index (χ3v) is 4.43. The molecule has 1 amide bonds. The van der Waals surface area contributed by atoms with E-state index in [2.05, 4.69) is 12.2 Å². The van der Waals surface area contributed by atoms with Crippen LogP contribution in [0.5, 0.6) is 0 Å². The van der Waals surface area contributed by atoms with E-state index in [4.69, 9.17) is 0 Å². The van der Waals surface area contributed by atoms with Gasteiger partial charge in [0, 0.05) is 13.1 Å². The van der Waals surface area contributed by atoms with Gasteiger partial charge in [0.15, 0.2) is 0 Å². The molecule has 3 heteroatoms. The minimum atomic E-state index is 0.0747. The highest BCUT2D eigenvalue weighted by molar-refractivity contribution is 5.82. The Morgan fingerprint density at radius 1 is 1.18 bits per heavy atom. The van der Waals surface area contributed by atoms with Gasteiger partial charge in [-0.1, -0.05) is 26.2 Å². The second kappa shape index (κ2) is 5.85. The van der Waals surface area contributed by atoms with Crippen LogP contribution in [-0.4, -0.2) is 36.5 Å². The molecule has 1 aliphatic carbocycles. The van der Waals surface area contributed by atoms with Crippen molar-refractivity contribution in [2.45, 2.75) is 64.0 Å². The Balaban J connectivity index is 1.89. The van der Waals surface area contributed by atoms with Crippen molar-refractivity contribution in [3.63, 3.8) is 0 Å². The Hall–Kier alpha value is -0.570. The Labute approximate surface area is 105 Å². The fourth-order valence-corrected chi connectivity index (χ4v) is 3.19. The van der Waals surface area contributed by atoms with Crippen LogP contribution >= 0.6 is 0 Å². The number of nitrogens with zero attached hydrogens (tertiary/aromatic N) is 1. The Morgan fingerprint density at radius 2 is 1.88 bits per heavy atom. The van der Waals surface area contributed by atoms with Crippen LogP contribution in [0.3, 0.4) is 0 Å². The molecule has 2 atom stereocenters. The van der Waals surface area contributed by atoms with E-state index < -0.39 is 0 Å². The van der Waals surface area contributed by atoms with E-state index in [1.807, 2.05) is 11.9 Å². The molecular weight excluding hydrogens is 212 g/mol. The zero-order chi connectivity index (χ0) is 12.3. The van der Waals surface area contributed by atoms with E-state index >= 15 is 0 Å². The molecule has 0 aromatic heterocycles. The zero-order valence-electron chi connectivity index (χ0n) is 11.2. The number of nitrogens with one attached hydrogen (secondary N) is 1. The largest absolute Gasteiger partial charge is 0.341 e. The number of amides is 1. The van der Waals surface area contributed by atoms with Gasteiger partial charge in [-0.3, -0.25) is 4.79 Å². The molecule has 2 unspecified atom stereocenters. The van der Waals surface area contributed by atoms with Crippen molar-refractivity contribution in [1.82, 2.24) is 10.2 Å². The summed E-state index contributed by atoms with van der Waals surface area (Å²) in [5.41, 5.74) is 0. The first-order chi connectivity index (χ1) is 8.18. The Bertz CT molecular complexity index is 261. The maximum absolute atomic E-state index is 12.4. The van der Waals surface area contributed by atoms with Gasteiger partial charge in [0.05, 0.1) is 6.04 Å². The van der Waals surface area contributed by atoms with Crippen LogP contribution < -0.4 is 5.32 Å². The topological polar surface area (TPSA) is 32.3 Å². The van der Waals surface area contributed by atoms with E-state index in [9.17, 15) is 4.79 Å². The number of hydrogen-bond donors (Lipinski definition) is 1. The van der Waals surface area contributed by atoms with Crippen molar-refractivity contribution in [3.8, 4) is 0 Å². The lowest BCUT2D eigenvalue weighted by Crippen LogP contribution is -2.51. The van der Waals surface area contributed by atoms with Crippen LogP contribution in [0.2, 0.25) is 0 Å². The summed E-state index contributed by atoms with van der Waals surface area (Å²) in [5, 5.41) is 3.38. The number of hydrogen-bond acceptors (Lipinski definition) is 2. The first-order valence-corrected chi connectivity index (χ1v) is 7.18. The minimum absolute atomic E-state index is 0.0747. The first kappa shape index (κ1) is 12.9. The fourth-order valence-electron chi connectivity index (χ4n) is 3.19. The van der Waals surface area contributed by atoms with Crippen molar-refractivity contribution in [1.29, 1.82) is 0 Å². The molecule has 3 nitrogen and oxygen atoms in total. The summed E-state index contributed by atoms with van der Waals surface area (Å²) in [6.07, 6.45) is 8.53. The number of carbonyl (C=O) groups excluding carboxylic acids is 1. The van der Waals surface area contributed by atoms with Gasteiger partial charge in [-0.05, 0) is 38.1 Å². The molecule has 1 heterocycles. The lowest BCUT2D eigenvalue weighted by Gasteiger charge is -2.36. The first-order valence-electron chi connectivity index (χ1n) is 7.18. The highest BCUT2D eigenvalue weighted by Crippen LogP contribution is 2.23. The van der Waals surface area contributed by atoms with Crippen LogP contribution in [-0.2, 0) is 4.79 Å². The quantitative estimate of drug-likeness (QED) is 0.799. The maximum Gasteiger partial charge on any atom is 0.239 e. The van der Waals surface area contributed by atoms with Crippen molar-refractivity contribution in [2.24, 2.45) is 5.92 Å². The van der Waals surface area contributed by atoms with E-state index in [-0.39, 0.29) is 6.04 Å². The van der Waals surface area contributed by atoms with Crippen LogP contribution in [0.1, 0.15) is 51.9 Å². The third-order valence-electron chi connectivity index (χ3n) is 4.43. The summed E-state index contributed by atoms with van der Waals surface area (Å²) in [4.78, 5) is 14.4. The monoisotopic (exact) mass is 238 g/mol. The fraction of sp³-hybridized carbons (Fsp3) is 0.929. The molecule has 0 aromatic rings. The Kier molecular flexibility index (Phi) is 4.43. The second-order valence-corrected chi connectivity index (χ2v) is 5.88. The molecule has 1 aliphatic heterocycles. The molecule has 2 rings (SSSR count). The molecule has 1 saturated carbocycles. The predicted octanol–water partition coefficient (Wildman–Crippen LogP) is 2.17. The summed E-state index contributed by atoms with van der Waals surface area (Å²) in [7, 11) is 2.00. The number of carbonyl (C=O) groups is 1. The van der Waals surface area contributed by atoms with E-state index in [1.54, 1.807) is 0 Å². The van der Waals surface area contributed by atoms with Gasteiger partial charge in [-0.2, -0.15) is 0 Å². The van der Waals surface area contributed by atoms with Crippen molar-refractivity contribution < 1.29 is 4.79 Å². The molecule has 2 aliphatic rings. The van der Waals surface area contributed by atoms with Gasteiger partial charge in [-0.25, -0.2) is 0 Å². The summed E-state index contributed by atoms with van der Waals surface area (Å²) in [6.45, 7) is 3.25. The summed E-state index contributed by atoms with van der Waals surface area (Å²) in [5.74, 6) is 1.01.